The van der Waals surface area contributed by atoms with Gasteiger partial charge in [-0.1, -0.05) is 17.7 Å². The van der Waals surface area contributed by atoms with Gasteiger partial charge >= 0.3 is 0 Å². The van der Waals surface area contributed by atoms with Gasteiger partial charge in [-0.2, -0.15) is 5.26 Å². The van der Waals surface area contributed by atoms with Gasteiger partial charge in [-0.15, -0.1) is 0 Å². The summed E-state index contributed by atoms with van der Waals surface area (Å²) < 4.78 is 22.3. The van der Waals surface area contributed by atoms with Crippen LogP contribution in [0, 0.1) is 11.3 Å². The Hall–Kier alpha value is -3.67. The van der Waals surface area contributed by atoms with Gasteiger partial charge in [0.25, 0.3) is 5.91 Å². The first kappa shape index (κ1) is 23.5. The Bertz CT molecular complexity index is 1280. The lowest BCUT2D eigenvalue weighted by Gasteiger charge is -2.12. The van der Waals surface area contributed by atoms with Crippen LogP contribution in [0.5, 0.6) is 23.0 Å². The zero-order chi connectivity index (χ0) is 24.1. The highest BCUT2D eigenvalue weighted by atomic mass is 79.9. The number of nitrogens with one attached hydrogen (secondary N) is 1. The normalized spacial score (nSPS) is 12.1. The highest BCUT2D eigenvalue weighted by Gasteiger charge is 2.15. The average Bonchev–Trinajstić information content (AvgIpc) is 3.30. The molecule has 1 amide bonds. The minimum atomic E-state index is -0.539. The van der Waals surface area contributed by atoms with E-state index in [4.69, 9.17) is 30.5 Å². The zero-order valence-electron chi connectivity index (χ0n) is 17.9. The molecule has 0 saturated heterocycles. The Morgan fingerprint density at radius 2 is 1.94 bits per heavy atom. The van der Waals surface area contributed by atoms with Crippen molar-refractivity contribution in [2.45, 2.75) is 6.61 Å². The molecule has 34 heavy (non-hydrogen) atoms. The summed E-state index contributed by atoms with van der Waals surface area (Å²) >= 11 is 9.89. The molecule has 172 valence electrons. The number of hydrogen-bond acceptors (Lipinski definition) is 6. The third kappa shape index (κ3) is 5.45. The minimum Gasteiger partial charge on any atom is -0.497 e. The van der Waals surface area contributed by atoms with E-state index in [0.29, 0.717) is 43.7 Å². The second kappa shape index (κ2) is 10.5. The number of benzene rings is 3. The first-order chi connectivity index (χ1) is 16.5. The maximum absolute atomic E-state index is 12.6. The topological polar surface area (TPSA) is 89.8 Å². The summed E-state index contributed by atoms with van der Waals surface area (Å²) in [5, 5.41) is 12.5. The fourth-order valence-electron chi connectivity index (χ4n) is 3.17. The van der Waals surface area contributed by atoms with E-state index in [-0.39, 0.29) is 19.0 Å². The maximum atomic E-state index is 12.6. The van der Waals surface area contributed by atoms with E-state index in [1.165, 1.54) is 6.08 Å². The van der Waals surface area contributed by atoms with Gasteiger partial charge in [0, 0.05) is 5.69 Å². The first-order valence-electron chi connectivity index (χ1n) is 10.0. The summed E-state index contributed by atoms with van der Waals surface area (Å²) in [4.78, 5) is 12.6. The fraction of sp³-hybridized carbons (Fsp3) is 0.120. The highest BCUT2D eigenvalue weighted by molar-refractivity contribution is 9.10. The minimum absolute atomic E-state index is 0.0761. The number of carbonyl (C=O) groups is 1. The molecule has 0 fully saturated rings. The SMILES string of the molecule is COc1ccc(NC(=O)/C(C#N)=C\c2cc(Cl)c(OCc3ccc4c(c3)OCO4)c(Br)c2)cc1. The van der Waals surface area contributed by atoms with Gasteiger partial charge in [0.15, 0.2) is 17.2 Å². The van der Waals surface area contributed by atoms with E-state index in [0.717, 1.165) is 5.56 Å². The van der Waals surface area contributed by atoms with Gasteiger partial charge in [-0.25, -0.2) is 0 Å². The molecule has 0 unspecified atom stereocenters. The molecule has 0 saturated carbocycles. The average molecular weight is 542 g/mol. The summed E-state index contributed by atoms with van der Waals surface area (Å²) in [6, 6.07) is 17.6. The molecule has 3 aromatic carbocycles. The predicted octanol–water partition coefficient (Wildman–Crippen LogP) is 5.96. The van der Waals surface area contributed by atoms with Crippen molar-refractivity contribution in [1.29, 1.82) is 5.26 Å². The van der Waals surface area contributed by atoms with Crippen LogP contribution in [-0.4, -0.2) is 19.8 Å². The van der Waals surface area contributed by atoms with E-state index in [1.54, 1.807) is 43.5 Å². The second-order valence-electron chi connectivity index (χ2n) is 7.14. The molecule has 7 nitrogen and oxygen atoms in total. The van der Waals surface area contributed by atoms with Gasteiger partial charge in [-0.05, 0) is 81.7 Å². The monoisotopic (exact) mass is 540 g/mol. The van der Waals surface area contributed by atoms with E-state index < -0.39 is 5.91 Å². The quantitative estimate of drug-likeness (QED) is 0.293. The molecule has 1 aliphatic heterocycles. The number of nitrogens with zero attached hydrogens (tertiary/aromatic N) is 1. The van der Waals surface area contributed by atoms with Crippen LogP contribution in [0.25, 0.3) is 6.08 Å². The molecule has 1 aliphatic rings. The highest BCUT2D eigenvalue weighted by Crippen LogP contribution is 2.37. The number of ether oxygens (including phenoxy) is 4. The summed E-state index contributed by atoms with van der Waals surface area (Å²) in [7, 11) is 1.56. The number of rotatable bonds is 7. The molecule has 4 rings (SSSR count). The molecular weight excluding hydrogens is 524 g/mol. The lowest BCUT2D eigenvalue weighted by Crippen LogP contribution is -2.13. The van der Waals surface area contributed by atoms with Crippen LogP contribution in [0.1, 0.15) is 11.1 Å². The molecular formula is C25H18BrClN2O5. The molecule has 1 N–H and O–H groups in total. The van der Waals surface area contributed by atoms with Crippen LogP contribution in [0.3, 0.4) is 0 Å². The Morgan fingerprint density at radius 1 is 1.18 bits per heavy atom. The molecule has 0 radical (unpaired) electrons. The Labute approximate surface area is 209 Å². The van der Waals surface area contributed by atoms with Crippen molar-refractivity contribution in [3.8, 4) is 29.1 Å². The lowest BCUT2D eigenvalue weighted by atomic mass is 10.1. The number of carbonyl (C=O) groups excluding carboxylic acids is 1. The summed E-state index contributed by atoms with van der Waals surface area (Å²) in [5.74, 6) is 1.93. The van der Waals surface area contributed by atoms with Crippen molar-refractivity contribution in [3.63, 3.8) is 0 Å². The molecule has 0 spiro atoms. The fourth-order valence-corrected chi connectivity index (χ4v) is 4.16. The first-order valence-corrected chi connectivity index (χ1v) is 11.2. The third-order valence-corrected chi connectivity index (χ3v) is 5.73. The number of anilines is 1. The second-order valence-corrected chi connectivity index (χ2v) is 8.40. The Balaban J connectivity index is 1.47. The number of fused-ring (bicyclic) bond motifs is 1. The zero-order valence-corrected chi connectivity index (χ0v) is 20.3. The van der Waals surface area contributed by atoms with E-state index in [2.05, 4.69) is 21.2 Å². The number of methoxy groups -OCH3 is 1. The van der Waals surface area contributed by atoms with Gasteiger partial charge in [0.1, 0.15) is 24.0 Å². The van der Waals surface area contributed by atoms with Gasteiger partial charge in [0.2, 0.25) is 6.79 Å². The van der Waals surface area contributed by atoms with Crippen LogP contribution >= 0.6 is 27.5 Å². The van der Waals surface area contributed by atoms with E-state index in [1.807, 2.05) is 24.3 Å². The van der Waals surface area contributed by atoms with Crippen molar-refractivity contribution in [2.24, 2.45) is 0 Å². The standard InChI is InChI=1S/C25H18BrClN2O5/c1-31-19-5-3-18(4-6-19)29-25(30)17(12-28)8-16-9-20(26)24(21(27)10-16)32-13-15-2-7-22-23(11-15)34-14-33-22/h2-11H,13-14H2,1H3,(H,29,30)/b17-8-. The predicted molar refractivity (Wildman–Crippen MR) is 131 cm³/mol. The van der Waals surface area contributed by atoms with Gasteiger partial charge < -0.3 is 24.3 Å². The largest absolute Gasteiger partial charge is 0.497 e. The molecule has 0 atom stereocenters. The van der Waals surface area contributed by atoms with Crippen LogP contribution < -0.4 is 24.3 Å². The van der Waals surface area contributed by atoms with Crippen molar-refractivity contribution in [3.05, 3.63) is 80.8 Å². The van der Waals surface area contributed by atoms with Crippen molar-refractivity contribution >= 4 is 45.2 Å². The third-order valence-electron chi connectivity index (χ3n) is 4.86. The van der Waals surface area contributed by atoms with Crippen LogP contribution in [0.2, 0.25) is 5.02 Å². The van der Waals surface area contributed by atoms with Gasteiger partial charge in [0.05, 0.1) is 16.6 Å². The smallest absolute Gasteiger partial charge is 0.266 e. The number of halogens is 2. The Morgan fingerprint density at radius 3 is 2.65 bits per heavy atom. The molecule has 0 aliphatic carbocycles. The number of amides is 1. The van der Waals surface area contributed by atoms with Crippen molar-refractivity contribution in [1.82, 2.24) is 0 Å². The number of hydrogen-bond donors (Lipinski definition) is 1. The molecule has 9 heteroatoms. The van der Waals surface area contributed by atoms with Crippen LogP contribution in [-0.2, 0) is 11.4 Å². The summed E-state index contributed by atoms with van der Waals surface area (Å²) in [5.41, 5.74) is 1.91. The van der Waals surface area contributed by atoms with Crippen LogP contribution in [0.4, 0.5) is 5.69 Å². The van der Waals surface area contributed by atoms with Crippen LogP contribution in [0.15, 0.2) is 64.6 Å². The van der Waals surface area contributed by atoms with Crippen molar-refractivity contribution in [2.75, 3.05) is 19.2 Å². The van der Waals surface area contributed by atoms with Gasteiger partial charge in [-0.3, -0.25) is 4.79 Å². The van der Waals surface area contributed by atoms with Crippen molar-refractivity contribution < 1.29 is 23.7 Å². The molecule has 3 aromatic rings. The van der Waals surface area contributed by atoms with E-state index >= 15 is 0 Å². The maximum Gasteiger partial charge on any atom is 0.266 e. The molecule has 1 heterocycles. The summed E-state index contributed by atoms with van der Waals surface area (Å²) in [6.07, 6.45) is 1.46. The lowest BCUT2D eigenvalue weighted by molar-refractivity contribution is -0.112. The molecule has 0 bridgehead atoms. The Kier molecular flexibility index (Phi) is 7.26. The molecule has 0 aromatic heterocycles. The van der Waals surface area contributed by atoms with E-state index in [9.17, 15) is 10.1 Å². The number of nitriles is 1. The summed E-state index contributed by atoms with van der Waals surface area (Å²) in [6.45, 7) is 0.465.